The Balaban J connectivity index is 2.60. The van der Waals surface area contributed by atoms with Gasteiger partial charge in [0.25, 0.3) is 0 Å². The van der Waals surface area contributed by atoms with E-state index in [-0.39, 0.29) is 30.6 Å². The van der Waals surface area contributed by atoms with Crippen LogP contribution in [0.3, 0.4) is 0 Å². The van der Waals surface area contributed by atoms with Crippen LogP contribution in [0.4, 0.5) is 0 Å². The summed E-state index contributed by atoms with van der Waals surface area (Å²) >= 11 is 0. The molecule has 2 unspecified atom stereocenters. The lowest BCUT2D eigenvalue weighted by Crippen LogP contribution is -2.48. The van der Waals surface area contributed by atoms with Gasteiger partial charge in [0.2, 0.25) is 11.8 Å². The predicted molar refractivity (Wildman–Crippen MR) is 78.7 cm³/mol. The van der Waals surface area contributed by atoms with E-state index in [2.05, 4.69) is 5.32 Å². The molecule has 0 bridgehead atoms. The number of carboxylic acids is 1. The summed E-state index contributed by atoms with van der Waals surface area (Å²) in [5, 5.41) is 11.5. The molecule has 1 aliphatic heterocycles. The third-order valence-corrected chi connectivity index (χ3v) is 3.93. The van der Waals surface area contributed by atoms with Crippen molar-refractivity contribution in [3.63, 3.8) is 0 Å². The van der Waals surface area contributed by atoms with E-state index < -0.39 is 12.0 Å². The molecule has 2 atom stereocenters. The zero-order valence-electron chi connectivity index (χ0n) is 12.9. The van der Waals surface area contributed by atoms with Crippen LogP contribution >= 0.6 is 0 Å². The minimum absolute atomic E-state index is 0.117. The van der Waals surface area contributed by atoms with Gasteiger partial charge in [0.05, 0.1) is 0 Å². The van der Waals surface area contributed by atoms with Crippen molar-refractivity contribution in [2.45, 2.75) is 58.4 Å². The highest BCUT2D eigenvalue weighted by Gasteiger charge is 2.28. The van der Waals surface area contributed by atoms with Crippen molar-refractivity contribution < 1.29 is 19.5 Å². The summed E-state index contributed by atoms with van der Waals surface area (Å²) in [5.74, 6) is -1.02. The van der Waals surface area contributed by atoms with E-state index in [0.29, 0.717) is 19.5 Å². The van der Waals surface area contributed by atoms with E-state index in [0.717, 1.165) is 19.3 Å². The Hall–Kier alpha value is -1.59. The van der Waals surface area contributed by atoms with Crippen molar-refractivity contribution >= 4 is 17.8 Å². The monoisotopic (exact) mass is 298 g/mol. The molecule has 0 spiro atoms. The fourth-order valence-electron chi connectivity index (χ4n) is 2.40. The molecule has 0 aromatic heterocycles. The number of amides is 2. The molecule has 1 rings (SSSR count). The van der Waals surface area contributed by atoms with Crippen LogP contribution in [0, 0.1) is 5.92 Å². The Morgan fingerprint density at radius 1 is 1.24 bits per heavy atom. The Bertz CT molecular complexity index is 378. The molecule has 1 fully saturated rings. The lowest BCUT2D eigenvalue weighted by Gasteiger charge is -2.24. The molecular weight excluding hydrogens is 272 g/mol. The molecule has 21 heavy (non-hydrogen) atoms. The molecule has 0 aromatic carbocycles. The fraction of sp³-hybridized carbons (Fsp3) is 0.800. The third-order valence-electron chi connectivity index (χ3n) is 3.93. The summed E-state index contributed by atoms with van der Waals surface area (Å²) in [6.45, 7) is 5.39. The Morgan fingerprint density at radius 3 is 2.38 bits per heavy atom. The Labute approximate surface area is 125 Å². The van der Waals surface area contributed by atoms with Gasteiger partial charge in [0.1, 0.15) is 6.04 Å². The normalized spacial score (nSPS) is 17.3. The van der Waals surface area contributed by atoms with Crippen LogP contribution in [0.5, 0.6) is 0 Å². The molecule has 2 N–H and O–H groups in total. The van der Waals surface area contributed by atoms with Crippen LogP contribution in [0.2, 0.25) is 0 Å². The number of rotatable bonds is 8. The van der Waals surface area contributed by atoms with Crippen LogP contribution in [0.15, 0.2) is 0 Å². The van der Waals surface area contributed by atoms with Gasteiger partial charge in [-0.2, -0.15) is 0 Å². The number of hydrogen-bond acceptors (Lipinski definition) is 3. The Kier molecular flexibility index (Phi) is 7.19. The molecule has 0 aromatic rings. The molecule has 6 heteroatoms. The number of likely N-dealkylation sites (tertiary alicyclic amines) is 1. The first-order valence-electron chi connectivity index (χ1n) is 7.74. The van der Waals surface area contributed by atoms with Gasteiger partial charge in [-0.05, 0) is 25.2 Å². The van der Waals surface area contributed by atoms with Gasteiger partial charge in [0, 0.05) is 25.9 Å². The first kappa shape index (κ1) is 17.5. The van der Waals surface area contributed by atoms with Crippen LogP contribution < -0.4 is 5.32 Å². The largest absolute Gasteiger partial charge is 0.481 e. The molecule has 0 radical (unpaired) electrons. The van der Waals surface area contributed by atoms with E-state index in [4.69, 9.17) is 5.11 Å². The Morgan fingerprint density at radius 2 is 1.86 bits per heavy atom. The smallest absolute Gasteiger partial charge is 0.303 e. The van der Waals surface area contributed by atoms with Gasteiger partial charge in [-0.15, -0.1) is 0 Å². The second-order valence-electron chi connectivity index (χ2n) is 5.80. The highest BCUT2D eigenvalue weighted by Crippen LogP contribution is 2.13. The number of hydrogen-bond donors (Lipinski definition) is 2. The van der Waals surface area contributed by atoms with E-state index in [1.165, 1.54) is 0 Å². The van der Waals surface area contributed by atoms with Crippen molar-refractivity contribution in [2.24, 2.45) is 5.92 Å². The van der Waals surface area contributed by atoms with Gasteiger partial charge >= 0.3 is 5.97 Å². The van der Waals surface area contributed by atoms with Crippen LogP contribution in [-0.2, 0) is 14.4 Å². The molecule has 2 amide bonds. The number of nitrogens with zero attached hydrogens (tertiary/aromatic N) is 1. The van der Waals surface area contributed by atoms with Crippen molar-refractivity contribution in [2.75, 3.05) is 13.1 Å². The minimum atomic E-state index is -0.953. The van der Waals surface area contributed by atoms with Crippen molar-refractivity contribution in [3.8, 4) is 0 Å². The summed E-state index contributed by atoms with van der Waals surface area (Å²) in [7, 11) is 0. The topological polar surface area (TPSA) is 86.7 Å². The van der Waals surface area contributed by atoms with Crippen LogP contribution in [0.1, 0.15) is 52.4 Å². The average Bonchev–Trinajstić information content (AvgIpc) is 2.96. The average molecular weight is 298 g/mol. The van der Waals surface area contributed by atoms with E-state index in [1.807, 2.05) is 13.8 Å². The second kappa shape index (κ2) is 8.64. The third kappa shape index (κ3) is 6.14. The molecule has 0 aliphatic carbocycles. The predicted octanol–water partition coefficient (Wildman–Crippen LogP) is 1.39. The first-order chi connectivity index (χ1) is 9.93. The molecule has 6 nitrogen and oxygen atoms in total. The van der Waals surface area contributed by atoms with E-state index in [1.54, 1.807) is 4.90 Å². The van der Waals surface area contributed by atoms with E-state index >= 15 is 0 Å². The summed E-state index contributed by atoms with van der Waals surface area (Å²) in [6, 6.07) is -0.712. The van der Waals surface area contributed by atoms with Crippen molar-refractivity contribution in [3.05, 3.63) is 0 Å². The maximum absolute atomic E-state index is 12.4. The summed E-state index contributed by atoms with van der Waals surface area (Å²) in [5.41, 5.74) is 0. The fourth-order valence-corrected chi connectivity index (χ4v) is 2.40. The minimum Gasteiger partial charge on any atom is -0.481 e. The molecule has 1 saturated heterocycles. The molecule has 1 heterocycles. The zero-order chi connectivity index (χ0) is 15.8. The molecule has 0 saturated carbocycles. The van der Waals surface area contributed by atoms with Gasteiger partial charge in [0.15, 0.2) is 0 Å². The van der Waals surface area contributed by atoms with Gasteiger partial charge < -0.3 is 15.3 Å². The first-order valence-corrected chi connectivity index (χ1v) is 7.74. The van der Waals surface area contributed by atoms with Crippen molar-refractivity contribution in [1.82, 2.24) is 10.2 Å². The molecule has 1 aliphatic rings. The molecule has 120 valence electrons. The second-order valence-corrected chi connectivity index (χ2v) is 5.80. The SMILES string of the molecule is CCC(C)CC(=O)NC(CCC(=O)O)C(=O)N1CCCC1. The van der Waals surface area contributed by atoms with E-state index in [9.17, 15) is 14.4 Å². The highest BCUT2D eigenvalue weighted by molar-refractivity contribution is 5.88. The summed E-state index contributed by atoms with van der Waals surface area (Å²) in [4.78, 5) is 36.8. The van der Waals surface area contributed by atoms with Crippen molar-refractivity contribution in [1.29, 1.82) is 0 Å². The summed E-state index contributed by atoms with van der Waals surface area (Å²) < 4.78 is 0. The number of carbonyl (C=O) groups excluding carboxylic acids is 2. The maximum Gasteiger partial charge on any atom is 0.303 e. The number of nitrogens with one attached hydrogen (secondary N) is 1. The van der Waals surface area contributed by atoms with Crippen LogP contribution in [-0.4, -0.2) is 46.9 Å². The van der Waals surface area contributed by atoms with Crippen LogP contribution in [0.25, 0.3) is 0 Å². The quantitative estimate of drug-likeness (QED) is 0.709. The maximum atomic E-state index is 12.4. The lowest BCUT2D eigenvalue weighted by atomic mass is 10.0. The molecular formula is C15H26N2O4. The summed E-state index contributed by atoms with van der Waals surface area (Å²) in [6.07, 6.45) is 3.24. The number of aliphatic carboxylic acids is 1. The lowest BCUT2D eigenvalue weighted by molar-refractivity contribution is -0.139. The van der Waals surface area contributed by atoms with Gasteiger partial charge in [-0.25, -0.2) is 0 Å². The van der Waals surface area contributed by atoms with Gasteiger partial charge in [-0.3, -0.25) is 14.4 Å². The van der Waals surface area contributed by atoms with Gasteiger partial charge in [-0.1, -0.05) is 20.3 Å². The highest BCUT2D eigenvalue weighted by atomic mass is 16.4. The number of carbonyl (C=O) groups is 3. The zero-order valence-corrected chi connectivity index (χ0v) is 12.9. The number of carboxylic acid groups (broad SMARTS) is 1. The standard InChI is InChI=1S/C15H26N2O4/c1-3-11(2)10-13(18)16-12(6-7-14(19)20)15(21)17-8-4-5-9-17/h11-12H,3-10H2,1-2H3,(H,16,18)(H,19,20).